The second-order valence-electron chi connectivity index (χ2n) is 5.42. The largest absolute Gasteiger partial charge is 0.506 e. The average Bonchev–Trinajstić information content (AvgIpc) is 2.57. The third-order valence-corrected chi connectivity index (χ3v) is 5.12. The quantitative estimate of drug-likeness (QED) is 0.624. The number of methoxy groups -OCH3 is 2. The maximum atomic E-state index is 12.7. The summed E-state index contributed by atoms with van der Waals surface area (Å²) in [4.78, 5) is 11.4. The molecule has 25 heavy (non-hydrogen) atoms. The maximum Gasteiger partial charge on any atom is 0.337 e. The summed E-state index contributed by atoms with van der Waals surface area (Å²) in [6.07, 6.45) is 0. The number of phenolic OH excluding ortho intramolecular Hbond substituents is 1. The number of carbonyl (C=O) groups is 1. The fraction of sp³-hybridized carbons (Fsp3) is 0.235. The van der Waals surface area contributed by atoms with E-state index < -0.39 is 21.7 Å². The Bertz CT molecular complexity index is 921. The molecule has 0 unspecified atom stereocenters. The van der Waals surface area contributed by atoms with E-state index >= 15 is 0 Å². The Hall–Kier alpha value is -2.74. The molecule has 8 heteroatoms. The molecule has 2 aromatic rings. The Morgan fingerprint density at radius 2 is 1.72 bits per heavy atom. The van der Waals surface area contributed by atoms with E-state index in [1.165, 1.54) is 32.4 Å². The van der Waals surface area contributed by atoms with Gasteiger partial charge in [-0.1, -0.05) is 0 Å². The fourth-order valence-electron chi connectivity index (χ4n) is 2.20. The number of aromatic hydroxyl groups is 1. The third-order valence-electron chi connectivity index (χ3n) is 3.73. The summed E-state index contributed by atoms with van der Waals surface area (Å²) in [5, 5.41) is 10.0. The Kier molecular flexibility index (Phi) is 5.22. The summed E-state index contributed by atoms with van der Waals surface area (Å²) in [6.45, 7) is 3.63. The van der Waals surface area contributed by atoms with E-state index in [9.17, 15) is 18.3 Å². The molecular formula is C17H19NO6S. The van der Waals surface area contributed by atoms with Gasteiger partial charge in [0.2, 0.25) is 0 Å². The van der Waals surface area contributed by atoms with Crippen molar-refractivity contribution in [3.05, 3.63) is 47.0 Å². The van der Waals surface area contributed by atoms with Crippen molar-refractivity contribution in [3.63, 3.8) is 0 Å². The molecule has 7 nitrogen and oxygen atoms in total. The number of hydrogen-bond acceptors (Lipinski definition) is 6. The van der Waals surface area contributed by atoms with Crippen molar-refractivity contribution in [3.8, 4) is 11.5 Å². The van der Waals surface area contributed by atoms with Crippen LogP contribution in [0.1, 0.15) is 21.5 Å². The lowest BCUT2D eigenvalue weighted by atomic mass is 10.1. The van der Waals surface area contributed by atoms with Crippen LogP contribution < -0.4 is 9.46 Å². The van der Waals surface area contributed by atoms with Gasteiger partial charge in [0.1, 0.15) is 16.4 Å². The number of rotatable bonds is 5. The molecule has 0 amide bonds. The van der Waals surface area contributed by atoms with Crippen LogP contribution in [0.3, 0.4) is 0 Å². The van der Waals surface area contributed by atoms with Crippen LogP contribution in [0, 0.1) is 13.8 Å². The molecule has 2 aromatic carbocycles. The SMILES string of the molecule is COC(=O)c1ccc(NS(=O)(=O)c2cc(C)c(C)cc2OC)c(O)c1. The van der Waals surface area contributed by atoms with Gasteiger partial charge in [-0.05, 0) is 55.3 Å². The molecule has 0 aliphatic rings. The van der Waals surface area contributed by atoms with E-state index in [2.05, 4.69) is 9.46 Å². The van der Waals surface area contributed by atoms with E-state index in [1.807, 2.05) is 6.92 Å². The highest BCUT2D eigenvalue weighted by Crippen LogP contribution is 2.32. The number of carbonyl (C=O) groups excluding carboxylic acids is 1. The second kappa shape index (κ2) is 7.02. The van der Waals surface area contributed by atoms with Crippen molar-refractivity contribution in [2.45, 2.75) is 18.7 Å². The average molecular weight is 365 g/mol. The highest BCUT2D eigenvalue weighted by molar-refractivity contribution is 7.92. The number of anilines is 1. The third kappa shape index (κ3) is 3.85. The standard InChI is InChI=1S/C17H19NO6S/c1-10-7-15(23-3)16(8-11(10)2)25(21,22)18-13-6-5-12(9-14(13)19)17(20)24-4/h5-9,18-19H,1-4H3. The minimum absolute atomic E-state index is 0.0467. The van der Waals surface area contributed by atoms with Gasteiger partial charge in [-0.2, -0.15) is 0 Å². The molecule has 0 saturated carbocycles. The minimum atomic E-state index is -4.01. The lowest BCUT2D eigenvalue weighted by molar-refractivity contribution is 0.0600. The molecule has 2 N–H and O–H groups in total. The summed E-state index contributed by atoms with van der Waals surface area (Å²) in [5.74, 6) is -0.837. The number of ether oxygens (including phenoxy) is 2. The Morgan fingerprint density at radius 3 is 2.28 bits per heavy atom. The Morgan fingerprint density at radius 1 is 1.08 bits per heavy atom. The summed E-state index contributed by atoms with van der Waals surface area (Å²) in [6, 6.07) is 6.88. The molecule has 0 atom stereocenters. The van der Waals surface area contributed by atoms with Crippen LogP contribution >= 0.6 is 0 Å². The zero-order valence-corrected chi connectivity index (χ0v) is 15.1. The molecule has 0 radical (unpaired) electrons. The van der Waals surface area contributed by atoms with Gasteiger partial charge in [0.25, 0.3) is 10.0 Å². The fourth-order valence-corrected chi connectivity index (χ4v) is 3.51. The molecule has 2 rings (SSSR count). The van der Waals surface area contributed by atoms with Crippen molar-refractivity contribution >= 4 is 21.7 Å². The van der Waals surface area contributed by atoms with E-state index in [-0.39, 0.29) is 21.9 Å². The Balaban J connectivity index is 2.43. The molecule has 0 aliphatic carbocycles. The molecule has 0 fully saturated rings. The van der Waals surface area contributed by atoms with E-state index in [0.29, 0.717) is 0 Å². The van der Waals surface area contributed by atoms with Gasteiger partial charge >= 0.3 is 5.97 Å². The Labute approximate surface area is 146 Å². The molecule has 0 aliphatic heterocycles. The van der Waals surface area contributed by atoms with Crippen LogP contribution in [0.5, 0.6) is 11.5 Å². The monoisotopic (exact) mass is 365 g/mol. The normalized spacial score (nSPS) is 11.0. The minimum Gasteiger partial charge on any atom is -0.506 e. The van der Waals surface area contributed by atoms with Crippen molar-refractivity contribution in [2.24, 2.45) is 0 Å². The predicted molar refractivity (Wildman–Crippen MR) is 92.7 cm³/mol. The first kappa shape index (κ1) is 18.6. The molecule has 0 aromatic heterocycles. The molecule has 0 heterocycles. The number of hydrogen-bond donors (Lipinski definition) is 2. The highest BCUT2D eigenvalue weighted by atomic mass is 32.2. The topological polar surface area (TPSA) is 102 Å². The lowest BCUT2D eigenvalue weighted by Crippen LogP contribution is -2.15. The second-order valence-corrected chi connectivity index (χ2v) is 7.07. The first-order chi connectivity index (χ1) is 11.7. The number of nitrogens with one attached hydrogen (secondary N) is 1. The summed E-state index contributed by atoms with van der Waals surface area (Å²) < 4.78 is 37.4. The van der Waals surface area contributed by atoms with Crippen LogP contribution in [-0.4, -0.2) is 33.7 Å². The predicted octanol–water partition coefficient (Wildman–Crippen LogP) is 2.61. The zero-order valence-electron chi connectivity index (χ0n) is 14.3. The summed E-state index contributed by atoms with van der Waals surface area (Å²) in [5.41, 5.74) is 1.71. The van der Waals surface area contributed by atoms with Crippen LogP contribution in [0.4, 0.5) is 5.69 Å². The number of sulfonamides is 1. The van der Waals surface area contributed by atoms with Crippen molar-refractivity contribution < 1.29 is 27.8 Å². The molecule has 0 bridgehead atoms. The van der Waals surface area contributed by atoms with Crippen molar-refractivity contribution in [1.82, 2.24) is 0 Å². The smallest absolute Gasteiger partial charge is 0.337 e. The summed E-state index contributed by atoms with van der Waals surface area (Å²) >= 11 is 0. The summed E-state index contributed by atoms with van der Waals surface area (Å²) in [7, 11) is -1.42. The zero-order chi connectivity index (χ0) is 18.8. The van der Waals surface area contributed by atoms with Gasteiger partial charge in [0, 0.05) is 0 Å². The van der Waals surface area contributed by atoms with E-state index in [0.717, 1.165) is 17.2 Å². The molecular weight excluding hydrogens is 346 g/mol. The van der Waals surface area contributed by atoms with Gasteiger partial charge in [-0.25, -0.2) is 13.2 Å². The first-order valence-corrected chi connectivity index (χ1v) is 8.77. The molecule has 0 spiro atoms. The van der Waals surface area contributed by atoms with Gasteiger partial charge in [-0.3, -0.25) is 4.72 Å². The number of aryl methyl sites for hydroxylation is 2. The van der Waals surface area contributed by atoms with Gasteiger partial charge in [0.05, 0.1) is 25.5 Å². The van der Waals surface area contributed by atoms with E-state index in [1.54, 1.807) is 13.0 Å². The number of esters is 1. The van der Waals surface area contributed by atoms with E-state index in [4.69, 9.17) is 4.74 Å². The van der Waals surface area contributed by atoms with Crippen LogP contribution in [0.2, 0.25) is 0 Å². The lowest BCUT2D eigenvalue weighted by Gasteiger charge is -2.14. The van der Waals surface area contributed by atoms with Crippen LogP contribution in [0.15, 0.2) is 35.2 Å². The number of phenols is 1. The van der Waals surface area contributed by atoms with Crippen LogP contribution in [0.25, 0.3) is 0 Å². The van der Waals surface area contributed by atoms with Gasteiger partial charge < -0.3 is 14.6 Å². The van der Waals surface area contributed by atoms with Crippen LogP contribution in [-0.2, 0) is 14.8 Å². The van der Waals surface area contributed by atoms with Crippen molar-refractivity contribution in [2.75, 3.05) is 18.9 Å². The highest BCUT2D eigenvalue weighted by Gasteiger charge is 2.22. The maximum absolute atomic E-state index is 12.7. The van der Waals surface area contributed by atoms with Crippen molar-refractivity contribution in [1.29, 1.82) is 0 Å². The number of benzene rings is 2. The molecule has 0 saturated heterocycles. The first-order valence-electron chi connectivity index (χ1n) is 7.29. The van der Waals surface area contributed by atoms with Gasteiger partial charge in [0.15, 0.2) is 0 Å². The van der Waals surface area contributed by atoms with Gasteiger partial charge in [-0.15, -0.1) is 0 Å². The molecule has 134 valence electrons.